The number of nitrogens with one attached hydrogen (secondary N) is 1. The molecule has 1 aromatic carbocycles. The van der Waals surface area contributed by atoms with E-state index in [1.165, 1.54) is 18.4 Å². The van der Waals surface area contributed by atoms with Gasteiger partial charge in [0.15, 0.2) is 14.6 Å². The number of hydrogen-bond donors (Lipinski definition) is 1. The van der Waals surface area contributed by atoms with E-state index in [1.54, 1.807) is 29.7 Å². The zero-order chi connectivity index (χ0) is 29.7. The second kappa shape index (κ2) is 13.1. The van der Waals surface area contributed by atoms with Crippen LogP contribution in [0.2, 0.25) is 0 Å². The summed E-state index contributed by atoms with van der Waals surface area (Å²) in [5, 5.41) is 2.85. The number of anilines is 1. The molecule has 1 aliphatic rings. The second-order valence-electron chi connectivity index (χ2n) is 9.38. The smallest absolute Gasteiger partial charge is 0.341 e. The molecule has 1 aliphatic carbocycles. The summed E-state index contributed by atoms with van der Waals surface area (Å²) >= 11 is 2.40. The fourth-order valence-corrected chi connectivity index (χ4v) is 8.16. The average Bonchev–Trinajstić information content (AvgIpc) is 3.33. The summed E-state index contributed by atoms with van der Waals surface area (Å²) in [6.07, 6.45) is 4.37. The van der Waals surface area contributed by atoms with Gasteiger partial charge in [-0.25, -0.2) is 18.0 Å². The number of hydrogen-bond acceptors (Lipinski definition) is 10. The van der Waals surface area contributed by atoms with Crippen molar-refractivity contribution in [3.63, 3.8) is 0 Å². The summed E-state index contributed by atoms with van der Waals surface area (Å²) in [5.74, 6) is -4.73. The van der Waals surface area contributed by atoms with Gasteiger partial charge in [-0.15, -0.1) is 11.3 Å². The number of sulfone groups is 1. The molecule has 2 heterocycles. The molecule has 0 aliphatic heterocycles. The predicted octanol–water partition coefficient (Wildman–Crippen LogP) is 3.50. The summed E-state index contributed by atoms with van der Waals surface area (Å²) in [5.41, 5.74) is 2.20. The van der Waals surface area contributed by atoms with Crippen molar-refractivity contribution >= 4 is 71.5 Å². The van der Waals surface area contributed by atoms with Crippen LogP contribution in [0.5, 0.6) is 0 Å². The highest BCUT2D eigenvalue weighted by Crippen LogP contribution is 2.38. The van der Waals surface area contributed by atoms with Crippen LogP contribution in [-0.4, -0.2) is 62.0 Å². The highest BCUT2D eigenvalue weighted by atomic mass is 32.2. The molecule has 0 unspecified atom stereocenters. The van der Waals surface area contributed by atoms with Gasteiger partial charge in [0.1, 0.15) is 16.5 Å². The van der Waals surface area contributed by atoms with Crippen molar-refractivity contribution in [3.8, 4) is 0 Å². The number of fused-ring (bicyclic) bond motifs is 2. The highest BCUT2D eigenvalue weighted by molar-refractivity contribution is 7.92. The number of thiazole rings is 1. The maximum Gasteiger partial charge on any atom is 0.341 e. The van der Waals surface area contributed by atoms with Gasteiger partial charge < -0.3 is 19.4 Å². The Hall–Kier alpha value is -3.36. The van der Waals surface area contributed by atoms with Gasteiger partial charge in [0.25, 0.3) is 5.91 Å². The standard InChI is InChI=1S/C27H31N3O8S3/c1-4-30-18-12-11-16(25(33)37-3)13-20(18)40-27(30)29-22(32)15-41(35,36)14-21(31)28-24-23(26(34)38-5-2)17-9-7-6-8-10-19(17)39-24/h11-13H,4-10,14-15H2,1-3H3,(H,28,31). The van der Waals surface area contributed by atoms with Crippen LogP contribution >= 0.6 is 22.7 Å². The number of rotatable bonds is 9. The Bertz CT molecular complexity index is 1680. The third-order valence-electron chi connectivity index (χ3n) is 6.49. The van der Waals surface area contributed by atoms with Crippen molar-refractivity contribution in [3.05, 3.63) is 44.6 Å². The summed E-state index contributed by atoms with van der Waals surface area (Å²) in [7, 11) is -2.90. The molecule has 14 heteroatoms. The predicted molar refractivity (Wildman–Crippen MR) is 156 cm³/mol. The fourth-order valence-electron chi connectivity index (χ4n) is 4.70. The number of aryl methyl sites for hydroxylation is 2. The Morgan fingerprint density at radius 2 is 1.78 bits per heavy atom. The lowest BCUT2D eigenvalue weighted by atomic mass is 10.1. The maximum absolute atomic E-state index is 12.8. The number of nitrogens with zero attached hydrogens (tertiary/aromatic N) is 2. The second-order valence-corrected chi connectivity index (χ2v) is 13.6. The summed E-state index contributed by atoms with van der Waals surface area (Å²) in [4.78, 5) is 55.4. The Balaban J connectivity index is 1.51. The monoisotopic (exact) mass is 621 g/mol. The Morgan fingerprint density at radius 3 is 2.49 bits per heavy atom. The Labute approximate surface area is 245 Å². The first-order chi connectivity index (χ1) is 19.6. The van der Waals surface area contributed by atoms with Crippen molar-refractivity contribution in [2.24, 2.45) is 4.99 Å². The number of carbonyl (C=O) groups is 4. The lowest BCUT2D eigenvalue weighted by Crippen LogP contribution is -2.28. The van der Waals surface area contributed by atoms with Crippen LogP contribution in [-0.2, 0) is 48.3 Å². The van der Waals surface area contributed by atoms with Crippen molar-refractivity contribution in [2.75, 3.05) is 30.5 Å². The number of ether oxygens (including phenoxy) is 2. The molecule has 2 amide bonds. The molecule has 11 nitrogen and oxygen atoms in total. The van der Waals surface area contributed by atoms with E-state index in [2.05, 4.69) is 10.3 Å². The number of carbonyl (C=O) groups excluding carboxylic acids is 4. The molecule has 0 fully saturated rings. The van der Waals surface area contributed by atoms with Gasteiger partial charge in [0.2, 0.25) is 5.91 Å². The normalized spacial score (nSPS) is 13.9. The zero-order valence-corrected chi connectivity index (χ0v) is 25.4. The largest absolute Gasteiger partial charge is 0.465 e. The molecule has 0 saturated heterocycles. The van der Waals surface area contributed by atoms with Crippen LogP contribution in [0.4, 0.5) is 5.00 Å². The van der Waals surface area contributed by atoms with Gasteiger partial charge in [-0.2, -0.15) is 4.99 Å². The van der Waals surface area contributed by atoms with Crippen LogP contribution in [0.15, 0.2) is 23.2 Å². The minimum absolute atomic E-state index is 0.168. The number of benzene rings is 1. The maximum atomic E-state index is 12.8. The molecule has 0 spiro atoms. The molecular weight excluding hydrogens is 591 g/mol. The Morgan fingerprint density at radius 1 is 1.02 bits per heavy atom. The molecular formula is C27H31N3O8S3. The summed E-state index contributed by atoms with van der Waals surface area (Å²) < 4.78 is 37.9. The Kier molecular flexibility index (Phi) is 9.76. The first kappa shape index (κ1) is 30.6. The van der Waals surface area contributed by atoms with Gasteiger partial charge >= 0.3 is 11.9 Å². The van der Waals surface area contributed by atoms with E-state index in [-0.39, 0.29) is 22.0 Å². The van der Waals surface area contributed by atoms with Gasteiger partial charge in [-0.3, -0.25) is 9.59 Å². The van der Waals surface area contributed by atoms with E-state index in [4.69, 9.17) is 9.47 Å². The summed E-state index contributed by atoms with van der Waals surface area (Å²) in [6.45, 7) is 4.16. The first-order valence-corrected chi connectivity index (χ1v) is 16.6. The van der Waals surface area contributed by atoms with Gasteiger partial charge in [0.05, 0.1) is 35.1 Å². The van der Waals surface area contributed by atoms with Crippen molar-refractivity contribution < 1.29 is 37.1 Å². The summed E-state index contributed by atoms with van der Waals surface area (Å²) in [6, 6.07) is 4.93. The van der Waals surface area contributed by atoms with Crippen LogP contribution in [0.3, 0.4) is 0 Å². The van der Waals surface area contributed by atoms with E-state index in [0.717, 1.165) is 53.0 Å². The van der Waals surface area contributed by atoms with Crippen LogP contribution < -0.4 is 10.1 Å². The molecule has 0 radical (unpaired) electrons. The average molecular weight is 622 g/mol. The number of esters is 2. The van der Waals surface area contributed by atoms with E-state index >= 15 is 0 Å². The first-order valence-electron chi connectivity index (χ1n) is 13.2. The lowest BCUT2D eigenvalue weighted by molar-refractivity contribution is -0.115. The van der Waals surface area contributed by atoms with Gasteiger partial charge in [-0.05, 0) is 63.3 Å². The fraction of sp³-hybridized carbons (Fsp3) is 0.444. The SMILES string of the molecule is CCOC(=O)c1c(NC(=O)CS(=O)(=O)CC(=O)N=c2sc3cc(C(=O)OC)ccc3n2CC)sc2c1CCCCC2. The third-order valence-corrected chi connectivity index (χ3v) is 10.1. The van der Waals surface area contributed by atoms with Crippen molar-refractivity contribution in [2.45, 2.75) is 52.5 Å². The molecule has 41 heavy (non-hydrogen) atoms. The zero-order valence-electron chi connectivity index (χ0n) is 23.0. The highest BCUT2D eigenvalue weighted by Gasteiger charge is 2.28. The topological polar surface area (TPSA) is 150 Å². The molecule has 3 aromatic rings. The van der Waals surface area contributed by atoms with Crippen LogP contribution in [0, 0.1) is 0 Å². The van der Waals surface area contributed by atoms with Crippen molar-refractivity contribution in [1.29, 1.82) is 0 Å². The molecule has 0 bridgehead atoms. The van der Waals surface area contributed by atoms with Gasteiger partial charge in [0, 0.05) is 11.4 Å². The minimum atomic E-state index is -4.18. The van der Waals surface area contributed by atoms with E-state index in [1.807, 2.05) is 6.92 Å². The number of amides is 2. The van der Waals surface area contributed by atoms with Crippen LogP contribution in [0.1, 0.15) is 64.3 Å². The van der Waals surface area contributed by atoms with E-state index in [0.29, 0.717) is 23.2 Å². The molecule has 4 rings (SSSR count). The number of thiophene rings is 1. The molecule has 220 valence electrons. The van der Waals surface area contributed by atoms with Crippen LogP contribution in [0.25, 0.3) is 10.2 Å². The van der Waals surface area contributed by atoms with Gasteiger partial charge in [-0.1, -0.05) is 17.8 Å². The van der Waals surface area contributed by atoms with E-state index < -0.39 is 45.1 Å². The molecule has 1 N–H and O–H groups in total. The minimum Gasteiger partial charge on any atom is -0.465 e. The molecule has 0 atom stereocenters. The molecule has 0 saturated carbocycles. The lowest BCUT2D eigenvalue weighted by Gasteiger charge is -2.08. The molecule has 2 aromatic heterocycles. The van der Waals surface area contributed by atoms with E-state index in [9.17, 15) is 27.6 Å². The van der Waals surface area contributed by atoms with Crippen molar-refractivity contribution in [1.82, 2.24) is 4.57 Å². The number of aromatic nitrogens is 1. The number of methoxy groups -OCH3 is 1. The quantitative estimate of drug-likeness (QED) is 0.282. The third kappa shape index (κ3) is 7.11.